The summed E-state index contributed by atoms with van der Waals surface area (Å²) in [5, 5.41) is 0.116. The van der Waals surface area contributed by atoms with Crippen LogP contribution >= 0.6 is 11.6 Å². The van der Waals surface area contributed by atoms with E-state index in [-0.39, 0.29) is 53.0 Å². The highest BCUT2D eigenvalue weighted by Crippen LogP contribution is 2.38. The van der Waals surface area contributed by atoms with Crippen LogP contribution in [0.4, 0.5) is 4.39 Å². The van der Waals surface area contributed by atoms with Gasteiger partial charge in [0.2, 0.25) is 0 Å². The summed E-state index contributed by atoms with van der Waals surface area (Å²) in [4.78, 5) is 25.7. The van der Waals surface area contributed by atoms with Gasteiger partial charge < -0.3 is 20.1 Å². The second-order valence-corrected chi connectivity index (χ2v) is 6.91. The maximum absolute atomic E-state index is 14.1. The molecule has 3 rings (SSSR count). The Hall–Kier alpha value is -2.80. The Morgan fingerprint density at radius 1 is 1.29 bits per heavy atom. The van der Waals surface area contributed by atoms with Crippen LogP contribution in [0.15, 0.2) is 36.4 Å². The lowest BCUT2D eigenvalue weighted by atomic mass is 10.1. The van der Waals surface area contributed by atoms with Gasteiger partial charge in [-0.3, -0.25) is 9.59 Å². The smallest absolute Gasteiger partial charge is 0.255 e. The van der Waals surface area contributed by atoms with Crippen LogP contribution in [0, 0.1) is 5.82 Å². The van der Waals surface area contributed by atoms with Gasteiger partial charge in [-0.15, -0.1) is 0 Å². The zero-order chi connectivity index (χ0) is 20.3. The second kappa shape index (κ2) is 8.48. The predicted octanol–water partition coefficient (Wildman–Crippen LogP) is 3.16. The van der Waals surface area contributed by atoms with Crippen LogP contribution in [0.1, 0.15) is 28.8 Å². The fourth-order valence-electron chi connectivity index (χ4n) is 2.86. The Morgan fingerprint density at radius 3 is 2.61 bits per heavy atom. The normalized spacial score (nSPS) is 13.1. The lowest BCUT2D eigenvalue weighted by Gasteiger charge is -2.23. The van der Waals surface area contributed by atoms with Crippen LogP contribution in [0.2, 0.25) is 5.02 Å². The van der Waals surface area contributed by atoms with Gasteiger partial charge in [0.25, 0.3) is 11.8 Å². The monoisotopic (exact) mass is 406 g/mol. The van der Waals surface area contributed by atoms with Gasteiger partial charge in [-0.2, -0.15) is 0 Å². The number of benzene rings is 2. The molecule has 1 aliphatic rings. The summed E-state index contributed by atoms with van der Waals surface area (Å²) >= 11 is 6.24. The molecule has 1 saturated carbocycles. The Bertz CT molecular complexity index is 902. The van der Waals surface area contributed by atoms with E-state index in [4.69, 9.17) is 26.8 Å². The number of ether oxygens (including phenoxy) is 2. The van der Waals surface area contributed by atoms with Crippen molar-refractivity contribution in [2.45, 2.75) is 25.4 Å². The van der Waals surface area contributed by atoms with Gasteiger partial charge in [0.15, 0.2) is 18.1 Å². The number of carbonyl (C=O) groups is 2. The summed E-state index contributed by atoms with van der Waals surface area (Å²) in [5.41, 5.74) is 5.82. The molecule has 6 nitrogen and oxygen atoms in total. The van der Waals surface area contributed by atoms with Crippen molar-refractivity contribution in [2.75, 3.05) is 13.7 Å². The van der Waals surface area contributed by atoms with Crippen LogP contribution in [0.3, 0.4) is 0 Å². The van der Waals surface area contributed by atoms with E-state index in [0.717, 1.165) is 12.8 Å². The number of nitrogens with two attached hydrogens (primary N) is 1. The molecule has 2 amide bonds. The number of methoxy groups -OCH3 is 1. The molecule has 0 saturated heterocycles. The van der Waals surface area contributed by atoms with Crippen molar-refractivity contribution in [3.63, 3.8) is 0 Å². The Morgan fingerprint density at radius 2 is 2.00 bits per heavy atom. The topological polar surface area (TPSA) is 81.9 Å². The van der Waals surface area contributed by atoms with E-state index in [9.17, 15) is 14.0 Å². The van der Waals surface area contributed by atoms with Gasteiger partial charge in [0.1, 0.15) is 5.82 Å². The van der Waals surface area contributed by atoms with Crippen molar-refractivity contribution >= 4 is 23.4 Å². The average Bonchev–Trinajstić information content (AvgIpc) is 3.50. The fraction of sp³-hybridized carbons (Fsp3) is 0.300. The van der Waals surface area contributed by atoms with E-state index in [1.807, 2.05) is 0 Å². The van der Waals surface area contributed by atoms with Crippen molar-refractivity contribution in [1.29, 1.82) is 0 Å². The minimum absolute atomic E-state index is 0.0580. The van der Waals surface area contributed by atoms with E-state index < -0.39 is 5.91 Å². The summed E-state index contributed by atoms with van der Waals surface area (Å²) in [5.74, 6) is -0.965. The van der Waals surface area contributed by atoms with Crippen LogP contribution < -0.4 is 15.2 Å². The van der Waals surface area contributed by atoms with Crippen LogP contribution in [0.25, 0.3) is 0 Å². The molecule has 0 aliphatic heterocycles. The molecule has 2 N–H and O–H groups in total. The molecule has 148 valence electrons. The molecular formula is C20H20ClFN2O4. The van der Waals surface area contributed by atoms with Gasteiger partial charge in [0.05, 0.1) is 12.1 Å². The molecule has 0 bridgehead atoms. The fourth-order valence-corrected chi connectivity index (χ4v) is 3.12. The van der Waals surface area contributed by atoms with Crippen molar-refractivity contribution in [1.82, 2.24) is 4.90 Å². The number of carbonyl (C=O) groups excluding carboxylic acids is 2. The quantitative estimate of drug-likeness (QED) is 0.730. The molecule has 0 spiro atoms. The van der Waals surface area contributed by atoms with E-state index in [1.165, 1.54) is 25.3 Å². The van der Waals surface area contributed by atoms with E-state index in [0.29, 0.717) is 5.56 Å². The summed E-state index contributed by atoms with van der Waals surface area (Å²) in [6.45, 7) is -0.207. The van der Waals surface area contributed by atoms with E-state index >= 15 is 0 Å². The Balaban J connectivity index is 1.88. The van der Waals surface area contributed by atoms with Gasteiger partial charge in [-0.25, -0.2) is 4.39 Å². The number of nitrogens with zero attached hydrogens (tertiary/aromatic N) is 1. The first-order chi connectivity index (χ1) is 13.4. The average molecular weight is 407 g/mol. The molecule has 8 heteroatoms. The minimum atomic E-state index is -0.664. The Labute approximate surface area is 167 Å². The standard InChI is InChI=1S/C20H20ClFN2O4/c1-27-17-9-13(8-15(21)19(17)28-11-18(23)25)20(26)24(14-6-7-14)10-12-4-2-3-5-16(12)22/h2-5,8-9,14H,6-7,10-11H2,1H3,(H2,23,25). The number of halogens is 2. The van der Waals surface area contributed by atoms with Gasteiger partial charge in [-0.1, -0.05) is 29.8 Å². The molecule has 0 radical (unpaired) electrons. The molecule has 28 heavy (non-hydrogen) atoms. The van der Waals surface area contributed by atoms with Crippen LogP contribution in [0.5, 0.6) is 11.5 Å². The zero-order valence-corrected chi connectivity index (χ0v) is 16.0. The van der Waals surface area contributed by atoms with Crippen molar-refractivity contribution in [3.8, 4) is 11.5 Å². The molecule has 1 fully saturated rings. The third kappa shape index (κ3) is 4.54. The van der Waals surface area contributed by atoms with Crippen molar-refractivity contribution < 1.29 is 23.5 Å². The van der Waals surface area contributed by atoms with Crippen molar-refractivity contribution in [2.24, 2.45) is 5.73 Å². The first kappa shape index (κ1) is 19.9. The maximum Gasteiger partial charge on any atom is 0.255 e. The third-order valence-electron chi connectivity index (χ3n) is 4.38. The summed E-state index contributed by atoms with van der Waals surface area (Å²) in [7, 11) is 1.40. The molecule has 0 unspecified atom stereocenters. The highest BCUT2D eigenvalue weighted by atomic mass is 35.5. The maximum atomic E-state index is 14.1. The molecule has 0 atom stereocenters. The lowest BCUT2D eigenvalue weighted by molar-refractivity contribution is -0.119. The Kier molecular flexibility index (Phi) is 6.04. The largest absolute Gasteiger partial charge is 0.493 e. The molecule has 0 heterocycles. The third-order valence-corrected chi connectivity index (χ3v) is 4.66. The minimum Gasteiger partial charge on any atom is -0.493 e. The number of hydrogen-bond donors (Lipinski definition) is 1. The summed E-state index contributed by atoms with van der Waals surface area (Å²) in [6, 6.07) is 9.36. The van der Waals surface area contributed by atoms with Gasteiger partial charge >= 0.3 is 0 Å². The highest BCUT2D eigenvalue weighted by molar-refractivity contribution is 6.32. The highest BCUT2D eigenvalue weighted by Gasteiger charge is 2.34. The first-order valence-corrected chi connectivity index (χ1v) is 9.11. The second-order valence-electron chi connectivity index (χ2n) is 6.50. The molecule has 2 aromatic rings. The first-order valence-electron chi connectivity index (χ1n) is 8.73. The van der Waals surface area contributed by atoms with Crippen LogP contribution in [-0.2, 0) is 11.3 Å². The SMILES string of the molecule is COc1cc(C(=O)N(Cc2ccccc2F)C2CC2)cc(Cl)c1OCC(N)=O. The summed E-state index contributed by atoms with van der Waals surface area (Å²) < 4.78 is 24.6. The van der Waals surface area contributed by atoms with E-state index in [1.54, 1.807) is 23.1 Å². The van der Waals surface area contributed by atoms with Gasteiger partial charge in [-0.05, 0) is 31.0 Å². The van der Waals surface area contributed by atoms with Gasteiger partial charge in [0, 0.05) is 23.7 Å². The number of rotatable bonds is 8. The predicted molar refractivity (Wildman–Crippen MR) is 102 cm³/mol. The van der Waals surface area contributed by atoms with Crippen molar-refractivity contribution in [3.05, 3.63) is 58.4 Å². The molecular weight excluding hydrogens is 387 g/mol. The lowest BCUT2D eigenvalue weighted by Crippen LogP contribution is -2.33. The summed E-state index contributed by atoms with van der Waals surface area (Å²) in [6.07, 6.45) is 1.73. The number of primary amides is 1. The molecule has 1 aliphatic carbocycles. The zero-order valence-electron chi connectivity index (χ0n) is 15.3. The van der Waals surface area contributed by atoms with E-state index in [2.05, 4.69) is 0 Å². The molecule has 2 aromatic carbocycles. The van der Waals surface area contributed by atoms with Crippen LogP contribution in [-0.4, -0.2) is 36.5 Å². The molecule has 0 aromatic heterocycles. The number of amides is 2. The number of hydrogen-bond acceptors (Lipinski definition) is 4.